The summed E-state index contributed by atoms with van der Waals surface area (Å²) in [6.07, 6.45) is -0.0594. The summed E-state index contributed by atoms with van der Waals surface area (Å²) in [7, 11) is 2.79. The Labute approximate surface area is 132 Å². The molecule has 2 aromatic rings. The number of hydrogen-bond acceptors (Lipinski definition) is 3. The Kier molecular flexibility index (Phi) is 5.16. The maximum atomic E-state index is 13.5. The van der Waals surface area contributed by atoms with E-state index < -0.39 is 23.5 Å². The number of benzene rings is 2. The van der Waals surface area contributed by atoms with E-state index in [4.69, 9.17) is 9.47 Å². The zero-order valence-corrected chi connectivity index (χ0v) is 12.7. The first-order chi connectivity index (χ1) is 11.0. The van der Waals surface area contributed by atoms with Gasteiger partial charge in [-0.1, -0.05) is 0 Å². The van der Waals surface area contributed by atoms with Crippen molar-refractivity contribution < 1.29 is 28.2 Å². The van der Waals surface area contributed by atoms with E-state index in [1.165, 1.54) is 44.6 Å². The van der Waals surface area contributed by atoms with Gasteiger partial charge in [0.1, 0.15) is 23.1 Å². The summed E-state index contributed by atoms with van der Waals surface area (Å²) in [6.45, 7) is 0. The number of hydrogen-bond donors (Lipinski definition) is 1. The van der Waals surface area contributed by atoms with E-state index in [0.717, 1.165) is 6.07 Å². The molecule has 1 atom stereocenters. The molecule has 0 aliphatic carbocycles. The minimum Gasteiger partial charge on any atom is -0.496 e. The van der Waals surface area contributed by atoms with Gasteiger partial charge in [0, 0.05) is 5.56 Å². The van der Waals surface area contributed by atoms with Crippen LogP contribution >= 0.6 is 0 Å². The monoisotopic (exact) mass is 322 g/mol. The lowest BCUT2D eigenvalue weighted by molar-refractivity contribution is -0.138. The highest BCUT2D eigenvalue weighted by atomic mass is 19.1. The highest BCUT2D eigenvalue weighted by Crippen LogP contribution is 2.33. The molecule has 122 valence electrons. The van der Waals surface area contributed by atoms with Crippen LogP contribution in [0.3, 0.4) is 0 Å². The molecule has 0 fully saturated rings. The SMILES string of the molecule is COc1ccc(F)cc1CC(C(=O)O)c1cc(F)ccc1OC. The van der Waals surface area contributed by atoms with E-state index in [9.17, 15) is 18.7 Å². The van der Waals surface area contributed by atoms with Gasteiger partial charge in [0.05, 0.1) is 20.1 Å². The van der Waals surface area contributed by atoms with E-state index in [0.29, 0.717) is 11.3 Å². The fourth-order valence-electron chi connectivity index (χ4n) is 2.43. The van der Waals surface area contributed by atoms with Crippen LogP contribution in [0.15, 0.2) is 36.4 Å². The summed E-state index contributed by atoms with van der Waals surface area (Å²) in [5, 5.41) is 9.52. The second-order valence-corrected chi connectivity index (χ2v) is 4.94. The molecule has 0 aliphatic rings. The molecule has 0 saturated carbocycles. The third-order valence-electron chi connectivity index (χ3n) is 3.53. The van der Waals surface area contributed by atoms with E-state index >= 15 is 0 Å². The van der Waals surface area contributed by atoms with Crippen LogP contribution in [-0.4, -0.2) is 25.3 Å². The van der Waals surface area contributed by atoms with Crippen molar-refractivity contribution in [2.45, 2.75) is 12.3 Å². The molecule has 0 aromatic heterocycles. The molecular formula is C17H16F2O4. The molecule has 23 heavy (non-hydrogen) atoms. The first kappa shape index (κ1) is 16.7. The zero-order chi connectivity index (χ0) is 17.0. The predicted molar refractivity (Wildman–Crippen MR) is 80.0 cm³/mol. The smallest absolute Gasteiger partial charge is 0.311 e. The fraction of sp³-hybridized carbons (Fsp3) is 0.235. The molecule has 2 aromatic carbocycles. The largest absolute Gasteiger partial charge is 0.496 e. The number of methoxy groups -OCH3 is 2. The quantitative estimate of drug-likeness (QED) is 0.886. The maximum Gasteiger partial charge on any atom is 0.311 e. The average molecular weight is 322 g/mol. The van der Waals surface area contributed by atoms with Crippen LogP contribution < -0.4 is 9.47 Å². The molecule has 4 nitrogen and oxygen atoms in total. The summed E-state index contributed by atoms with van der Waals surface area (Å²) in [5.41, 5.74) is 0.567. The minimum absolute atomic E-state index is 0.0594. The van der Waals surface area contributed by atoms with Gasteiger partial charge in [0.15, 0.2) is 0 Å². The van der Waals surface area contributed by atoms with Crippen LogP contribution in [0.25, 0.3) is 0 Å². The van der Waals surface area contributed by atoms with Crippen molar-refractivity contribution in [3.8, 4) is 11.5 Å². The van der Waals surface area contributed by atoms with Crippen molar-refractivity contribution in [1.82, 2.24) is 0 Å². The molecule has 0 spiro atoms. The van der Waals surface area contributed by atoms with Gasteiger partial charge in [-0.25, -0.2) is 8.78 Å². The molecule has 1 unspecified atom stereocenters. The Morgan fingerprint density at radius 2 is 1.61 bits per heavy atom. The van der Waals surface area contributed by atoms with E-state index in [-0.39, 0.29) is 17.7 Å². The van der Waals surface area contributed by atoms with Crippen molar-refractivity contribution in [3.63, 3.8) is 0 Å². The van der Waals surface area contributed by atoms with Gasteiger partial charge in [-0.3, -0.25) is 4.79 Å². The van der Waals surface area contributed by atoms with Crippen molar-refractivity contribution in [2.24, 2.45) is 0 Å². The molecule has 0 radical (unpaired) electrons. The summed E-state index contributed by atoms with van der Waals surface area (Å²) >= 11 is 0. The van der Waals surface area contributed by atoms with E-state index in [1.54, 1.807) is 0 Å². The molecule has 2 rings (SSSR count). The number of carbonyl (C=O) groups is 1. The third kappa shape index (κ3) is 3.77. The summed E-state index contributed by atoms with van der Waals surface area (Å²) in [5.74, 6) is -2.71. The van der Waals surface area contributed by atoms with Gasteiger partial charge in [-0.15, -0.1) is 0 Å². The fourth-order valence-corrected chi connectivity index (χ4v) is 2.43. The lowest BCUT2D eigenvalue weighted by Crippen LogP contribution is -2.16. The highest BCUT2D eigenvalue weighted by Gasteiger charge is 2.26. The van der Waals surface area contributed by atoms with Crippen LogP contribution in [0.5, 0.6) is 11.5 Å². The first-order valence-electron chi connectivity index (χ1n) is 6.85. The normalized spacial score (nSPS) is 11.8. The molecule has 0 aliphatic heterocycles. The second kappa shape index (κ2) is 7.09. The maximum absolute atomic E-state index is 13.5. The average Bonchev–Trinajstić information content (AvgIpc) is 2.52. The van der Waals surface area contributed by atoms with Crippen molar-refractivity contribution in [1.29, 1.82) is 0 Å². The lowest BCUT2D eigenvalue weighted by Gasteiger charge is -2.18. The number of aliphatic carboxylic acids is 1. The molecule has 0 heterocycles. The number of ether oxygens (including phenoxy) is 2. The van der Waals surface area contributed by atoms with Gasteiger partial charge in [0.2, 0.25) is 0 Å². The van der Waals surface area contributed by atoms with Crippen molar-refractivity contribution in [2.75, 3.05) is 14.2 Å². The van der Waals surface area contributed by atoms with Gasteiger partial charge in [-0.05, 0) is 48.4 Å². The summed E-state index contributed by atoms with van der Waals surface area (Å²) < 4.78 is 37.2. The molecule has 0 bridgehead atoms. The Bertz CT molecular complexity index is 716. The van der Waals surface area contributed by atoms with Crippen molar-refractivity contribution >= 4 is 5.97 Å². The molecular weight excluding hydrogens is 306 g/mol. The van der Waals surface area contributed by atoms with Crippen molar-refractivity contribution in [3.05, 3.63) is 59.2 Å². The highest BCUT2D eigenvalue weighted by molar-refractivity contribution is 5.78. The third-order valence-corrected chi connectivity index (χ3v) is 3.53. The number of rotatable bonds is 6. The molecule has 0 saturated heterocycles. The van der Waals surface area contributed by atoms with Crippen LogP contribution in [0.2, 0.25) is 0 Å². The van der Waals surface area contributed by atoms with Crippen LogP contribution in [0, 0.1) is 11.6 Å². The topological polar surface area (TPSA) is 55.8 Å². The molecule has 0 amide bonds. The van der Waals surface area contributed by atoms with E-state index in [2.05, 4.69) is 0 Å². The minimum atomic E-state index is -1.17. The summed E-state index contributed by atoms with van der Waals surface area (Å²) in [6, 6.07) is 7.52. The van der Waals surface area contributed by atoms with Gasteiger partial charge in [0.25, 0.3) is 0 Å². The predicted octanol–water partition coefficient (Wildman–Crippen LogP) is 3.39. The number of carboxylic acid groups (broad SMARTS) is 1. The van der Waals surface area contributed by atoms with Gasteiger partial charge < -0.3 is 14.6 Å². The number of carboxylic acids is 1. The molecule has 6 heteroatoms. The number of halogens is 2. The standard InChI is InChI=1S/C17H16F2O4/c1-22-15-5-3-11(18)7-10(15)8-14(17(20)21)13-9-12(19)4-6-16(13)23-2/h3-7,9,14H,8H2,1-2H3,(H,20,21). The first-order valence-corrected chi connectivity index (χ1v) is 6.85. The van der Waals surface area contributed by atoms with E-state index in [1.807, 2.05) is 0 Å². The molecule has 1 N–H and O–H groups in total. The second-order valence-electron chi connectivity index (χ2n) is 4.94. The Morgan fingerprint density at radius 1 is 1.04 bits per heavy atom. The summed E-state index contributed by atoms with van der Waals surface area (Å²) in [4.78, 5) is 11.7. The van der Waals surface area contributed by atoms with Gasteiger partial charge in [-0.2, -0.15) is 0 Å². The van der Waals surface area contributed by atoms with Crippen LogP contribution in [0.4, 0.5) is 8.78 Å². The van der Waals surface area contributed by atoms with Crippen LogP contribution in [-0.2, 0) is 11.2 Å². The zero-order valence-electron chi connectivity index (χ0n) is 12.7. The van der Waals surface area contributed by atoms with Gasteiger partial charge >= 0.3 is 5.97 Å². The lowest BCUT2D eigenvalue weighted by atomic mass is 9.90. The van der Waals surface area contributed by atoms with Crippen LogP contribution in [0.1, 0.15) is 17.0 Å². The Morgan fingerprint density at radius 3 is 2.17 bits per heavy atom. The Balaban J connectivity index is 2.47. The Hall–Kier alpha value is -2.63.